The number of nitrogens with zero attached hydrogens (tertiary/aromatic N) is 2. The molecule has 0 N–H and O–H groups in total. The van der Waals surface area contributed by atoms with Crippen LogP contribution in [-0.2, 0) is 12.8 Å². The highest BCUT2D eigenvalue weighted by atomic mass is 32.1. The molecule has 0 fully saturated rings. The SMILES string of the molecule is c1ccc(-c2cc(-c3ccncc3)nc3sc4c(c23)CCCC4)cc1. The number of benzene rings is 1. The summed E-state index contributed by atoms with van der Waals surface area (Å²) in [6.07, 6.45) is 8.66. The van der Waals surface area contributed by atoms with Crippen LogP contribution < -0.4 is 0 Å². The predicted octanol–water partition coefficient (Wildman–Crippen LogP) is 5.90. The molecule has 4 aromatic rings. The van der Waals surface area contributed by atoms with Crippen LogP contribution in [0.1, 0.15) is 23.3 Å². The van der Waals surface area contributed by atoms with Crippen LogP contribution in [0.15, 0.2) is 60.9 Å². The number of rotatable bonds is 2. The van der Waals surface area contributed by atoms with Gasteiger partial charge in [-0.05, 0) is 60.6 Å². The van der Waals surface area contributed by atoms with Crippen molar-refractivity contribution >= 4 is 21.6 Å². The van der Waals surface area contributed by atoms with Crippen molar-refractivity contribution in [1.29, 1.82) is 0 Å². The zero-order valence-corrected chi connectivity index (χ0v) is 14.7. The van der Waals surface area contributed by atoms with Gasteiger partial charge in [-0.1, -0.05) is 30.3 Å². The first-order chi connectivity index (χ1) is 12.4. The molecule has 0 bridgehead atoms. The van der Waals surface area contributed by atoms with Crippen molar-refractivity contribution in [3.8, 4) is 22.4 Å². The Morgan fingerprint density at radius 2 is 1.64 bits per heavy atom. The highest BCUT2D eigenvalue weighted by Crippen LogP contribution is 2.42. The molecule has 0 radical (unpaired) electrons. The number of hydrogen-bond donors (Lipinski definition) is 0. The second kappa shape index (κ2) is 6.08. The maximum Gasteiger partial charge on any atom is 0.125 e. The van der Waals surface area contributed by atoms with Crippen molar-refractivity contribution in [1.82, 2.24) is 9.97 Å². The molecule has 0 saturated heterocycles. The van der Waals surface area contributed by atoms with E-state index in [1.807, 2.05) is 35.9 Å². The van der Waals surface area contributed by atoms with Gasteiger partial charge < -0.3 is 0 Å². The van der Waals surface area contributed by atoms with Crippen molar-refractivity contribution < 1.29 is 0 Å². The zero-order chi connectivity index (χ0) is 16.6. The molecular weight excluding hydrogens is 324 g/mol. The summed E-state index contributed by atoms with van der Waals surface area (Å²) in [5.41, 5.74) is 6.29. The lowest BCUT2D eigenvalue weighted by Gasteiger charge is -2.13. The van der Waals surface area contributed by atoms with E-state index in [0.717, 1.165) is 11.3 Å². The van der Waals surface area contributed by atoms with Crippen LogP contribution in [0.25, 0.3) is 32.6 Å². The molecule has 0 unspecified atom stereocenters. The molecule has 122 valence electrons. The number of pyridine rings is 2. The number of thiophene rings is 1. The molecule has 0 aliphatic heterocycles. The number of fused-ring (bicyclic) bond motifs is 3. The second-order valence-corrected chi connectivity index (χ2v) is 7.63. The van der Waals surface area contributed by atoms with Crippen LogP contribution in [0.4, 0.5) is 0 Å². The Balaban J connectivity index is 1.83. The third kappa shape index (κ3) is 2.56. The topological polar surface area (TPSA) is 25.8 Å². The van der Waals surface area contributed by atoms with E-state index < -0.39 is 0 Å². The van der Waals surface area contributed by atoms with Gasteiger partial charge in [-0.25, -0.2) is 4.98 Å². The van der Waals surface area contributed by atoms with Gasteiger partial charge in [0.05, 0.1) is 5.69 Å². The van der Waals surface area contributed by atoms with E-state index in [4.69, 9.17) is 4.98 Å². The van der Waals surface area contributed by atoms with Crippen molar-refractivity contribution in [3.63, 3.8) is 0 Å². The quantitative estimate of drug-likeness (QED) is 0.453. The summed E-state index contributed by atoms with van der Waals surface area (Å²) in [7, 11) is 0. The van der Waals surface area contributed by atoms with Crippen LogP contribution in [0.3, 0.4) is 0 Å². The lowest BCUT2D eigenvalue weighted by molar-refractivity contribution is 0.700. The average molecular weight is 342 g/mol. The summed E-state index contributed by atoms with van der Waals surface area (Å²) >= 11 is 1.89. The summed E-state index contributed by atoms with van der Waals surface area (Å²) < 4.78 is 0. The van der Waals surface area contributed by atoms with E-state index in [1.165, 1.54) is 51.9 Å². The Hall–Kier alpha value is -2.52. The predicted molar refractivity (Wildman–Crippen MR) is 105 cm³/mol. The van der Waals surface area contributed by atoms with Crippen molar-refractivity contribution in [2.24, 2.45) is 0 Å². The molecule has 0 spiro atoms. The van der Waals surface area contributed by atoms with Gasteiger partial charge in [-0.15, -0.1) is 11.3 Å². The maximum atomic E-state index is 5.03. The van der Waals surface area contributed by atoms with Gasteiger partial charge >= 0.3 is 0 Å². The van der Waals surface area contributed by atoms with Gasteiger partial charge in [-0.3, -0.25) is 4.98 Å². The van der Waals surface area contributed by atoms with Crippen molar-refractivity contribution in [3.05, 3.63) is 71.4 Å². The first-order valence-electron chi connectivity index (χ1n) is 8.81. The number of aromatic nitrogens is 2. The van der Waals surface area contributed by atoms with Gasteiger partial charge in [0.15, 0.2) is 0 Å². The minimum atomic E-state index is 1.03. The third-order valence-corrected chi connectivity index (χ3v) is 6.17. The minimum Gasteiger partial charge on any atom is -0.265 e. The molecule has 1 aromatic carbocycles. The monoisotopic (exact) mass is 342 g/mol. The summed E-state index contributed by atoms with van der Waals surface area (Å²) in [5, 5.41) is 1.38. The minimum absolute atomic E-state index is 1.03. The summed E-state index contributed by atoms with van der Waals surface area (Å²) in [5.74, 6) is 0. The Kier molecular flexibility index (Phi) is 3.60. The van der Waals surface area contributed by atoms with Gasteiger partial charge in [0.25, 0.3) is 0 Å². The van der Waals surface area contributed by atoms with E-state index in [9.17, 15) is 0 Å². The van der Waals surface area contributed by atoms with Crippen LogP contribution in [0, 0.1) is 0 Å². The van der Waals surface area contributed by atoms with Gasteiger partial charge in [-0.2, -0.15) is 0 Å². The molecule has 3 heterocycles. The summed E-state index contributed by atoms with van der Waals surface area (Å²) in [6.45, 7) is 0. The van der Waals surface area contributed by atoms with E-state index in [-0.39, 0.29) is 0 Å². The Morgan fingerprint density at radius 1 is 0.840 bits per heavy atom. The van der Waals surface area contributed by atoms with Gasteiger partial charge in [0.2, 0.25) is 0 Å². The molecule has 2 nitrogen and oxygen atoms in total. The Morgan fingerprint density at radius 3 is 2.48 bits per heavy atom. The fourth-order valence-electron chi connectivity index (χ4n) is 3.77. The molecule has 0 saturated carbocycles. The number of hydrogen-bond acceptors (Lipinski definition) is 3. The lowest BCUT2D eigenvalue weighted by atomic mass is 9.92. The normalized spacial score (nSPS) is 13.8. The fourth-order valence-corrected chi connectivity index (χ4v) is 5.06. The molecule has 0 amide bonds. The number of aryl methyl sites for hydroxylation is 2. The average Bonchev–Trinajstić information content (AvgIpc) is 3.07. The first-order valence-corrected chi connectivity index (χ1v) is 9.63. The second-order valence-electron chi connectivity index (χ2n) is 6.55. The van der Waals surface area contributed by atoms with Gasteiger partial charge in [0.1, 0.15) is 4.83 Å². The maximum absolute atomic E-state index is 5.03. The molecule has 0 atom stereocenters. The Bertz CT molecular complexity index is 1040. The van der Waals surface area contributed by atoms with E-state index in [2.05, 4.69) is 41.4 Å². The van der Waals surface area contributed by atoms with E-state index in [0.29, 0.717) is 0 Å². The smallest absolute Gasteiger partial charge is 0.125 e. The molecule has 1 aliphatic carbocycles. The van der Waals surface area contributed by atoms with E-state index in [1.54, 1.807) is 5.56 Å². The van der Waals surface area contributed by atoms with Crippen LogP contribution >= 0.6 is 11.3 Å². The zero-order valence-electron chi connectivity index (χ0n) is 13.9. The molecule has 3 heteroatoms. The molecule has 3 aromatic heterocycles. The lowest BCUT2D eigenvalue weighted by Crippen LogP contribution is -1.98. The highest BCUT2D eigenvalue weighted by molar-refractivity contribution is 7.19. The fraction of sp³-hybridized carbons (Fsp3) is 0.182. The van der Waals surface area contributed by atoms with E-state index >= 15 is 0 Å². The van der Waals surface area contributed by atoms with Crippen molar-refractivity contribution in [2.45, 2.75) is 25.7 Å². The first kappa shape index (κ1) is 14.8. The third-order valence-electron chi connectivity index (χ3n) is 4.99. The van der Waals surface area contributed by atoms with Crippen LogP contribution in [0.2, 0.25) is 0 Å². The molecule has 5 rings (SSSR count). The van der Waals surface area contributed by atoms with Crippen molar-refractivity contribution in [2.75, 3.05) is 0 Å². The van der Waals surface area contributed by atoms with Gasteiger partial charge in [0, 0.05) is 28.2 Å². The van der Waals surface area contributed by atoms with Crippen LogP contribution in [0.5, 0.6) is 0 Å². The molecule has 25 heavy (non-hydrogen) atoms. The molecular formula is C22H18N2S. The largest absolute Gasteiger partial charge is 0.265 e. The standard InChI is InChI=1S/C22H18N2S/c1-2-6-15(7-3-1)18-14-19(16-10-12-23-13-11-16)24-22-21(18)17-8-4-5-9-20(17)25-22/h1-3,6-7,10-14H,4-5,8-9H2. The Labute approximate surface area is 151 Å². The summed E-state index contributed by atoms with van der Waals surface area (Å²) in [6, 6.07) is 17.1. The summed E-state index contributed by atoms with van der Waals surface area (Å²) in [4.78, 5) is 11.9. The van der Waals surface area contributed by atoms with Crippen LogP contribution in [-0.4, -0.2) is 9.97 Å². The molecule has 1 aliphatic rings. The highest BCUT2D eigenvalue weighted by Gasteiger charge is 2.21.